The van der Waals surface area contributed by atoms with E-state index in [1.54, 1.807) is 7.05 Å². The minimum Gasteiger partial charge on any atom is -0.399 e. The molecule has 2 aromatic heterocycles. The molecule has 0 aliphatic rings. The third-order valence-corrected chi connectivity index (χ3v) is 5.30. The Kier molecular flexibility index (Phi) is 6.04. The minimum absolute atomic E-state index is 0.0757. The van der Waals surface area contributed by atoms with Gasteiger partial charge in [-0.05, 0) is 48.9 Å². The van der Waals surface area contributed by atoms with Crippen LogP contribution in [0.1, 0.15) is 19.2 Å². The Labute approximate surface area is 181 Å². The first kappa shape index (κ1) is 20.7. The van der Waals surface area contributed by atoms with Crippen LogP contribution >= 0.6 is 0 Å². The summed E-state index contributed by atoms with van der Waals surface area (Å²) in [5.41, 5.74) is 11.8. The number of hydrogen-bond acceptors (Lipinski definition) is 4. The van der Waals surface area contributed by atoms with Crippen molar-refractivity contribution in [1.29, 1.82) is 0 Å². The molecule has 4 rings (SSSR count). The summed E-state index contributed by atoms with van der Waals surface area (Å²) < 4.78 is 0. The van der Waals surface area contributed by atoms with Crippen LogP contribution in [-0.4, -0.2) is 45.9 Å². The monoisotopic (exact) mass is 416 g/mol. The van der Waals surface area contributed by atoms with E-state index >= 15 is 0 Å². The summed E-state index contributed by atoms with van der Waals surface area (Å²) in [7, 11) is 1.78. The van der Waals surface area contributed by atoms with E-state index in [4.69, 9.17) is 5.73 Å². The zero-order valence-corrected chi connectivity index (χ0v) is 17.9. The highest BCUT2D eigenvalue weighted by Crippen LogP contribution is 2.27. The molecule has 5 N–H and O–H groups in total. The van der Waals surface area contributed by atoms with Crippen LogP contribution in [0.5, 0.6) is 0 Å². The van der Waals surface area contributed by atoms with Gasteiger partial charge in [-0.2, -0.15) is 0 Å². The van der Waals surface area contributed by atoms with Gasteiger partial charge in [-0.1, -0.05) is 31.2 Å². The molecule has 0 spiro atoms. The standard InChI is InChI=1S/C24H28N6O/c1-3-10-30(24(31)14-26-2)15-23-27-13-22(29-23)17-6-4-16(5-7-17)21-12-18-11-19(25)8-9-20(18)28-21/h4-9,11-13,26,28H,3,10,14-15,25H2,1-2H3,(H,27,29). The number of nitrogens with two attached hydrogens (primary N) is 1. The number of nitrogen functional groups attached to an aromatic ring is 1. The molecule has 0 aliphatic heterocycles. The maximum Gasteiger partial charge on any atom is 0.236 e. The van der Waals surface area contributed by atoms with Gasteiger partial charge in [0.25, 0.3) is 0 Å². The summed E-state index contributed by atoms with van der Waals surface area (Å²) in [5.74, 6) is 0.858. The van der Waals surface area contributed by atoms with E-state index < -0.39 is 0 Å². The van der Waals surface area contributed by atoms with Crippen LogP contribution in [0.4, 0.5) is 5.69 Å². The molecule has 0 unspecified atom stereocenters. The molecule has 7 nitrogen and oxygen atoms in total. The van der Waals surface area contributed by atoms with Crippen LogP contribution in [0.25, 0.3) is 33.4 Å². The molecular weight excluding hydrogens is 388 g/mol. The van der Waals surface area contributed by atoms with Crippen LogP contribution in [0.3, 0.4) is 0 Å². The second-order valence-corrected chi connectivity index (χ2v) is 7.70. The highest BCUT2D eigenvalue weighted by Gasteiger charge is 2.14. The average molecular weight is 417 g/mol. The maximum atomic E-state index is 12.3. The van der Waals surface area contributed by atoms with Gasteiger partial charge in [0.1, 0.15) is 5.82 Å². The number of aromatic nitrogens is 3. The van der Waals surface area contributed by atoms with Crippen molar-refractivity contribution in [2.24, 2.45) is 0 Å². The highest BCUT2D eigenvalue weighted by molar-refractivity contribution is 5.88. The fraction of sp³-hybridized carbons (Fsp3) is 0.250. The SMILES string of the molecule is CCCN(Cc1ncc(-c2ccc(-c3cc4cc(N)ccc4[nH]3)cc2)[nH]1)C(=O)CNC. The fourth-order valence-electron chi connectivity index (χ4n) is 3.73. The maximum absolute atomic E-state index is 12.3. The number of carbonyl (C=O) groups excluding carboxylic acids is 1. The van der Waals surface area contributed by atoms with Crippen molar-refractivity contribution in [1.82, 2.24) is 25.2 Å². The topological polar surface area (TPSA) is 103 Å². The van der Waals surface area contributed by atoms with Gasteiger partial charge in [0.15, 0.2) is 0 Å². The number of H-pyrrole nitrogens is 2. The quantitative estimate of drug-likeness (QED) is 0.328. The van der Waals surface area contributed by atoms with Gasteiger partial charge < -0.3 is 25.9 Å². The molecule has 2 aromatic carbocycles. The number of nitrogens with one attached hydrogen (secondary N) is 3. The van der Waals surface area contributed by atoms with Crippen molar-refractivity contribution in [2.45, 2.75) is 19.9 Å². The molecule has 0 saturated carbocycles. The number of imidazole rings is 1. The fourth-order valence-corrected chi connectivity index (χ4v) is 3.73. The number of rotatable bonds is 8. The Morgan fingerprint density at radius 2 is 1.81 bits per heavy atom. The van der Waals surface area contributed by atoms with Crippen molar-refractivity contribution in [3.63, 3.8) is 0 Å². The number of benzene rings is 2. The van der Waals surface area contributed by atoms with E-state index in [0.29, 0.717) is 19.6 Å². The number of hydrogen-bond donors (Lipinski definition) is 4. The van der Waals surface area contributed by atoms with Gasteiger partial charge in [-0.15, -0.1) is 0 Å². The largest absolute Gasteiger partial charge is 0.399 e. The lowest BCUT2D eigenvalue weighted by molar-refractivity contribution is -0.130. The lowest BCUT2D eigenvalue weighted by Crippen LogP contribution is -2.37. The second kappa shape index (κ2) is 9.06. The van der Waals surface area contributed by atoms with Crippen molar-refractivity contribution >= 4 is 22.5 Å². The predicted molar refractivity (Wildman–Crippen MR) is 125 cm³/mol. The smallest absolute Gasteiger partial charge is 0.236 e. The van der Waals surface area contributed by atoms with Crippen molar-refractivity contribution in [3.8, 4) is 22.5 Å². The van der Waals surface area contributed by atoms with Crippen molar-refractivity contribution < 1.29 is 4.79 Å². The number of aromatic amines is 2. The van der Waals surface area contributed by atoms with Crippen LogP contribution in [0.15, 0.2) is 54.7 Å². The number of carbonyl (C=O) groups is 1. The van der Waals surface area contributed by atoms with Crippen molar-refractivity contribution in [3.05, 3.63) is 60.6 Å². The molecule has 0 bridgehead atoms. The zero-order chi connectivity index (χ0) is 21.8. The summed E-state index contributed by atoms with van der Waals surface area (Å²) >= 11 is 0. The third kappa shape index (κ3) is 4.62. The molecule has 0 aliphatic carbocycles. The van der Waals surface area contributed by atoms with Gasteiger partial charge in [0.05, 0.1) is 25.0 Å². The molecule has 0 saturated heterocycles. The Balaban J connectivity index is 1.50. The predicted octanol–water partition coefficient (Wildman–Crippen LogP) is 3.77. The lowest BCUT2D eigenvalue weighted by Gasteiger charge is -2.20. The molecule has 7 heteroatoms. The van der Waals surface area contributed by atoms with Gasteiger partial charge in [-0.3, -0.25) is 4.79 Å². The molecule has 2 heterocycles. The van der Waals surface area contributed by atoms with E-state index in [2.05, 4.69) is 57.5 Å². The normalized spacial score (nSPS) is 11.2. The zero-order valence-electron chi connectivity index (χ0n) is 17.9. The Bertz CT molecular complexity index is 1170. The summed E-state index contributed by atoms with van der Waals surface area (Å²) in [6.45, 7) is 3.58. The Morgan fingerprint density at radius 1 is 1.06 bits per heavy atom. The van der Waals surface area contributed by atoms with E-state index in [-0.39, 0.29) is 5.91 Å². The van der Waals surface area contributed by atoms with Gasteiger partial charge in [-0.25, -0.2) is 4.98 Å². The van der Waals surface area contributed by atoms with Crippen LogP contribution in [0.2, 0.25) is 0 Å². The number of fused-ring (bicyclic) bond motifs is 1. The Morgan fingerprint density at radius 3 is 2.52 bits per heavy atom. The molecule has 1 amide bonds. The summed E-state index contributed by atoms with van der Waals surface area (Å²) in [6, 6.07) is 16.3. The highest BCUT2D eigenvalue weighted by atomic mass is 16.2. The number of anilines is 1. The molecule has 160 valence electrons. The van der Waals surface area contributed by atoms with E-state index in [9.17, 15) is 4.79 Å². The Hall–Kier alpha value is -3.58. The molecule has 0 fully saturated rings. The third-order valence-electron chi connectivity index (χ3n) is 5.30. The first-order valence-electron chi connectivity index (χ1n) is 10.5. The number of amides is 1. The first-order valence-corrected chi connectivity index (χ1v) is 10.5. The average Bonchev–Trinajstić information content (AvgIpc) is 3.40. The molecule has 0 radical (unpaired) electrons. The summed E-state index contributed by atoms with van der Waals surface area (Å²) in [4.78, 5) is 25.4. The molecule has 0 atom stereocenters. The van der Waals surface area contributed by atoms with Gasteiger partial charge >= 0.3 is 0 Å². The van der Waals surface area contributed by atoms with Crippen LogP contribution in [0, 0.1) is 0 Å². The summed E-state index contributed by atoms with van der Waals surface area (Å²) in [6.07, 6.45) is 2.73. The van der Waals surface area contributed by atoms with Crippen LogP contribution in [-0.2, 0) is 11.3 Å². The van der Waals surface area contributed by atoms with Gasteiger partial charge in [0, 0.05) is 28.8 Å². The van der Waals surface area contributed by atoms with E-state index in [1.165, 1.54) is 0 Å². The van der Waals surface area contributed by atoms with Crippen molar-refractivity contribution in [2.75, 3.05) is 25.9 Å². The van der Waals surface area contributed by atoms with Crippen LogP contribution < -0.4 is 11.1 Å². The van der Waals surface area contributed by atoms with Gasteiger partial charge in [0.2, 0.25) is 5.91 Å². The lowest BCUT2D eigenvalue weighted by atomic mass is 10.1. The molecular formula is C24H28N6O. The molecule has 31 heavy (non-hydrogen) atoms. The minimum atomic E-state index is 0.0757. The van der Waals surface area contributed by atoms with E-state index in [1.807, 2.05) is 29.3 Å². The summed E-state index contributed by atoms with van der Waals surface area (Å²) in [5, 5.41) is 4.02. The second-order valence-electron chi connectivity index (χ2n) is 7.70. The first-order chi connectivity index (χ1) is 15.1. The number of nitrogens with zero attached hydrogens (tertiary/aromatic N) is 2. The number of likely N-dealkylation sites (N-methyl/N-ethyl adjacent to an activating group) is 1. The van der Waals surface area contributed by atoms with E-state index in [0.717, 1.165) is 51.4 Å². The molecule has 4 aromatic rings.